The van der Waals surface area contributed by atoms with E-state index < -0.39 is 0 Å². The average Bonchev–Trinajstić information content (AvgIpc) is 2.42. The topological polar surface area (TPSA) is 63.3 Å². The molecule has 2 heterocycles. The van der Waals surface area contributed by atoms with Crippen molar-refractivity contribution >= 4 is 22.7 Å². The van der Waals surface area contributed by atoms with Crippen molar-refractivity contribution in [2.24, 2.45) is 0 Å². The molecule has 4 nitrogen and oxygen atoms in total. The minimum atomic E-state index is -0.173. The first-order valence-corrected chi connectivity index (χ1v) is 5.91. The van der Waals surface area contributed by atoms with E-state index in [1.807, 2.05) is 0 Å². The van der Waals surface area contributed by atoms with Crippen molar-refractivity contribution in [2.75, 3.05) is 0 Å². The number of halogens is 1. The number of aromatic hydroxyl groups is 1. The van der Waals surface area contributed by atoms with Gasteiger partial charge in [-0.05, 0) is 30.3 Å². The van der Waals surface area contributed by atoms with E-state index in [-0.39, 0.29) is 21.9 Å². The van der Waals surface area contributed by atoms with Crippen molar-refractivity contribution < 1.29 is 9.52 Å². The molecule has 2 aromatic heterocycles. The van der Waals surface area contributed by atoms with Crippen LogP contribution in [0.25, 0.3) is 22.4 Å². The van der Waals surface area contributed by atoms with E-state index >= 15 is 0 Å². The summed E-state index contributed by atoms with van der Waals surface area (Å²) < 4.78 is 5.57. The molecule has 0 spiro atoms. The molecule has 1 N–H and O–H groups in total. The zero-order chi connectivity index (χ0) is 13.4. The van der Waals surface area contributed by atoms with E-state index in [0.717, 1.165) is 0 Å². The molecule has 0 aliphatic rings. The highest BCUT2D eigenvalue weighted by molar-refractivity contribution is 6.32. The fourth-order valence-electron chi connectivity index (χ4n) is 1.79. The van der Waals surface area contributed by atoms with Crippen LogP contribution in [0.4, 0.5) is 0 Å². The molecule has 1 aromatic carbocycles. The van der Waals surface area contributed by atoms with Crippen LogP contribution in [-0.4, -0.2) is 10.1 Å². The molecule has 3 aromatic rings. The van der Waals surface area contributed by atoms with Gasteiger partial charge in [-0.2, -0.15) is 0 Å². The van der Waals surface area contributed by atoms with E-state index in [0.29, 0.717) is 16.7 Å². The highest BCUT2D eigenvalue weighted by Gasteiger charge is 2.09. The number of hydrogen-bond donors (Lipinski definition) is 1. The number of benzene rings is 1. The third-order valence-corrected chi connectivity index (χ3v) is 3.04. The van der Waals surface area contributed by atoms with Gasteiger partial charge in [0.05, 0.1) is 10.4 Å². The number of rotatable bonds is 1. The Labute approximate surface area is 112 Å². The van der Waals surface area contributed by atoms with Gasteiger partial charge in [0.1, 0.15) is 11.5 Å². The maximum Gasteiger partial charge on any atom is 0.230 e. The summed E-state index contributed by atoms with van der Waals surface area (Å²) in [5, 5.41) is 10.0. The van der Waals surface area contributed by atoms with Crippen LogP contribution in [0, 0.1) is 0 Å². The summed E-state index contributed by atoms with van der Waals surface area (Å²) in [7, 11) is 0. The number of pyridine rings is 1. The molecule has 0 aliphatic heterocycles. The summed E-state index contributed by atoms with van der Waals surface area (Å²) in [6.45, 7) is 0. The van der Waals surface area contributed by atoms with Gasteiger partial charge in [-0.25, -0.2) is 4.98 Å². The lowest BCUT2D eigenvalue weighted by molar-refractivity contribution is 0.475. The standard InChI is InChI=1S/C14H8ClNO3/c15-10-6-8(3-4-11(10)17)13-7-12(18)9-2-1-5-16-14(9)19-13/h1-7,17H. The Morgan fingerprint density at radius 2 is 2.05 bits per heavy atom. The van der Waals surface area contributed by atoms with Gasteiger partial charge in [0, 0.05) is 17.8 Å². The summed E-state index contributed by atoms with van der Waals surface area (Å²) in [6.07, 6.45) is 1.55. The van der Waals surface area contributed by atoms with Crippen LogP contribution in [-0.2, 0) is 0 Å². The highest BCUT2D eigenvalue weighted by Crippen LogP contribution is 2.29. The number of hydrogen-bond acceptors (Lipinski definition) is 4. The van der Waals surface area contributed by atoms with Gasteiger partial charge >= 0.3 is 0 Å². The number of phenolic OH excluding ortho intramolecular Hbond substituents is 1. The Morgan fingerprint density at radius 3 is 2.84 bits per heavy atom. The van der Waals surface area contributed by atoms with E-state index in [9.17, 15) is 9.90 Å². The minimum Gasteiger partial charge on any atom is -0.506 e. The highest BCUT2D eigenvalue weighted by atomic mass is 35.5. The number of fused-ring (bicyclic) bond motifs is 1. The van der Waals surface area contributed by atoms with Crippen molar-refractivity contribution in [1.82, 2.24) is 4.98 Å². The number of aromatic nitrogens is 1. The minimum absolute atomic E-state index is 0.0216. The van der Waals surface area contributed by atoms with Crippen molar-refractivity contribution in [1.29, 1.82) is 0 Å². The van der Waals surface area contributed by atoms with E-state index in [2.05, 4.69) is 4.98 Å². The zero-order valence-electron chi connectivity index (χ0n) is 9.63. The Hall–Kier alpha value is -2.33. The lowest BCUT2D eigenvalue weighted by Crippen LogP contribution is -2.00. The van der Waals surface area contributed by atoms with Crippen LogP contribution in [0.3, 0.4) is 0 Å². The van der Waals surface area contributed by atoms with Crippen LogP contribution in [0.5, 0.6) is 5.75 Å². The van der Waals surface area contributed by atoms with Gasteiger partial charge in [0.15, 0.2) is 5.43 Å². The van der Waals surface area contributed by atoms with Gasteiger partial charge in [-0.15, -0.1) is 0 Å². The molecule has 0 unspecified atom stereocenters. The summed E-state index contributed by atoms with van der Waals surface area (Å²) in [5.74, 6) is 0.338. The molecule has 0 saturated carbocycles. The Bertz CT molecular complexity index is 826. The normalized spacial score (nSPS) is 10.8. The maximum absolute atomic E-state index is 11.9. The van der Waals surface area contributed by atoms with Crippen molar-refractivity contribution in [3.05, 3.63) is 57.8 Å². The third kappa shape index (κ3) is 2.06. The average molecular weight is 274 g/mol. The molecule has 0 fully saturated rings. The molecule has 3 rings (SSSR count). The molecule has 0 aliphatic carbocycles. The maximum atomic E-state index is 11.9. The predicted octanol–water partition coefficient (Wildman–Crippen LogP) is 3.21. The van der Waals surface area contributed by atoms with Gasteiger partial charge < -0.3 is 9.52 Å². The summed E-state index contributed by atoms with van der Waals surface area (Å²) in [4.78, 5) is 16.0. The van der Waals surface area contributed by atoms with Crippen LogP contribution < -0.4 is 5.43 Å². The van der Waals surface area contributed by atoms with Crippen molar-refractivity contribution in [2.45, 2.75) is 0 Å². The summed E-state index contributed by atoms with van der Waals surface area (Å²) in [6, 6.07) is 9.31. The third-order valence-electron chi connectivity index (χ3n) is 2.74. The first-order chi connectivity index (χ1) is 9.15. The lowest BCUT2D eigenvalue weighted by Gasteiger charge is -2.03. The monoisotopic (exact) mass is 273 g/mol. The van der Waals surface area contributed by atoms with Gasteiger partial charge in [0.2, 0.25) is 5.71 Å². The quantitative estimate of drug-likeness (QED) is 0.739. The number of nitrogens with zero attached hydrogens (tertiary/aromatic N) is 1. The molecule has 94 valence electrons. The van der Waals surface area contributed by atoms with Crippen LogP contribution in [0.15, 0.2) is 51.8 Å². The first-order valence-electron chi connectivity index (χ1n) is 5.53. The Balaban J connectivity index is 2.25. The summed E-state index contributed by atoms with van der Waals surface area (Å²) >= 11 is 5.84. The first kappa shape index (κ1) is 11.7. The van der Waals surface area contributed by atoms with Crippen molar-refractivity contribution in [3.8, 4) is 17.1 Å². The molecule has 5 heteroatoms. The smallest absolute Gasteiger partial charge is 0.230 e. The zero-order valence-corrected chi connectivity index (χ0v) is 10.4. The largest absolute Gasteiger partial charge is 0.506 e. The fourth-order valence-corrected chi connectivity index (χ4v) is 1.97. The SMILES string of the molecule is O=c1cc(-c2ccc(O)c(Cl)c2)oc2ncccc12. The van der Waals surface area contributed by atoms with Crippen LogP contribution in [0.2, 0.25) is 5.02 Å². The van der Waals surface area contributed by atoms with Crippen LogP contribution >= 0.6 is 11.6 Å². The molecule has 19 heavy (non-hydrogen) atoms. The molecule has 0 bridgehead atoms. The van der Waals surface area contributed by atoms with E-state index in [1.54, 1.807) is 24.4 Å². The second kappa shape index (κ2) is 4.40. The predicted molar refractivity (Wildman–Crippen MR) is 72.4 cm³/mol. The summed E-state index contributed by atoms with van der Waals surface area (Å²) in [5.41, 5.74) is 0.704. The molecule has 0 radical (unpaired) electrons. The molecule has 0 atom stereocenters. The van der Waals surface area contributed by atoms with Gasteiger partial charge in [-0.3, -0.25) is 4.79 Å². The Morgan fingerprint density at radius 1 is 1.21 bits per heavy atom. The molecule has 0 amide bonds. The van der Waals surface area contributed by atoms with Gasteiger partial charge in [0.25, 0.3) is 0 Å². The molecular formula is C14H8ClNO3. The lowest BCUT2D eigenvalue weighted by atomic mass is 10.1. The second-order valence-electron chi connectivity index (χ2n) is 4.00. The molecule has 0 saturated heterocycles. The van der Waals surface area contributed by atoms with E-state index in [1.165, 1.54) is 18.2 Å². The molecular weight excluding hydrogens is 266 g/mol. The van der Waals surface area contributed by atoms with E-state index in [4.69, 9.17) is 16.0 Å². The van der Waals surface area contributed by atoms with Crippen LogP contribution in [0.1, 0.15) is 0 Å². The van der Waals surface area contributed by atoms with Gasteiger partial charge in [-0.1, -0.05) is 11.6 Å². The second-order valence-corrected chi connectivity index (χ2v) is 4.40. The Kier molecular flexibility index (Phi) is 2.72. The number of phenols is 1. The fraction of sp³-hybridized carbons (Fsp3) is 0. The van der Waals surface area contributed by atoms with Crippen molar-refractivity contribution in [3.63, 3.8) is 0 Å².